The molecule has 8 nitrogen and oxygen atoms in total. The van der Waals surface area contributed by atoms with Gasteiger partial charge in [0.1, 0.15) is 23.3 Å². The number of likely N-dealkylation sites (N-methyl/N-ethyl adjacent to an activating group) is 1. The van der Waals surface area contributed by atoms with Crippen LogP contribution in [-0.4, -0.2) is 70.7 Å². The summed E-state index contributed by atoms with van der Waals surface area (Å²) in [6, 6.07) is 3.30. The quantitative estimate of drug-likeness (QED) is 0.550. The molecule has 2 heterocycles. The molecule has 0 radical (unpaired) electrons. The molecule has 0 bridgehead atoms. The number of benzene rings is 1. The van der Waals surface area contributed by atoms with Gasteiger partial charge in [-0.2, -0.15) is 0 Å². The molecule has 1 aliphatic heterocycles. The summed E-state index contributed by atoms with van der Waals surface area (Å²) < 4.78 is 33.7. The Morgan fingerprint density at radius 1 is 1.32 bits per heavy atom. The number of aromatic nitrogens is 1. The first-order chi connectivity index (χ1) is 18.0. The van der Waals surface area contributed by atoms with Crippen molar-refractivity contribution in [2.24, 2.45) is 11.8 Å². The monoisotopic (exact) mass is 528 g/mol. The number of aliphatic hydroxyl groups excluding tert-OH is 1. The summed E-state index contributed by atoms with van der Waals surface area (Å²) in [5.74, 6) is 4.57. The lowest BCUT2D eigenvalue weighted by Crippen LogP contribution is -2.50. The maximum Gasteiger partial charge on any atom is 0.321 e. The van der Waals surface area contributed by atoms with Crippen LogP contribution in [0.3, 0.4) is 0 Å². The molecule has 3 amide bonds. The van der Waals surface area contributed by atoms with Crippen molar-refractivity contribution in [1.82, 2.24) is 14.8 Å². The molecular formula is C28H34F2N4O4. The highest BCUT2D eigenvalue weighted by Gasteiger charge is 2.34. The van der Waals surface area contributed by atoms with E-state index in [0.717, 1.165) is 18.2 Å². The summed E-state index contributed by atoms with van der Waals surface area (Å²) in [6.45, 7) is 7.82. The Morgan fingerprint density at radius 2 is 2.05 bits per heavy atom. The molecule has 2 aromatic rings. The lowest BCUT2D eigenvalue weighted by Gasteiger charge is -2.37. The molecule has 1 aromatic carbocycles. The van der Waals surface area contributed by atoms with E-state index in [1.807, 2.05) is 6.92 Å². The van der Waals surface area contributed by atoms with E-state index in [9.17, 15) is 23.5 Å². The summed E-state index contributed by atoms with van der Waals surface area (Å²) >= 11 is 0. The zero-order valence-electron chi connectivity index (χ0n) is 22.3. The fourth-order valence-electron chi connectivity index (χ4n) is 3.90. The fraction of sp³-hybridized carbons (Fsp3) is 0.464. The van der Waals surface area contributed by atoms with Crippen LogP contribution in [0.15, 0.2) is 30.5 Å². The van der Waals surface area contributed by atoms with Crippen LogP contribution in [0.2, 0.25) is 0 Å². The number of hydrogen-bond acceptors (Lipinski definition) is 5. The van der Waals surface area contributed by atoms with E-state index in [1.165, 1.54) is 18.1 Å². The zero-order valence-corrected chi connectivity index (χ0v) is 22.3. The Labute approximate surface area is 222 Å². The number of nitrogens with zero attached hydrogens (tertiary/aromatic N) is 3. The minimum absolute atomic E-state index is 0.0660. The molecule has 3 atom stereocenters. The predicted molar refractivity (Wildman–Crippen MR) is 140 cm³/mol. The van der Waals surface area contributed by atoms with Crippen LogP contribution < -0.4 is 10.1 Å². The number of carbonyl (C=O) groups is 2. The first-order valence-electron chi connectivity index (χ1n) is 12.5. The minimum Gasteiger partial charge on any atom is -0.472 e. The second kappa shape index (κ2) is 12.7. The second-order valence-corrected chi connectivity index (χ2v) is 10.0. The van der Waals surface area contributed by atoms with Gasteiger partial charge in [-0.05, 0) is 31.0 Å². The maximum absolute atomic E-state index is 14.0. The number of urea groups is 1. The summed E-state index contributed by atoms with van der Waals surface area (Å²) in [5.41, 5.74) is 0.504. The Bertz CT molecular complexity index is 1230. The highest BCUT2D eigenvalue weighted by Crippen LogP contribution is 2.27. The summed E-state index contributed by atoms with van der Waals surface area (Å²) in [4.78, 5) is 33.5. The Morgan fingerprint density at radius 3 is 2.74 bits per heavy atom. The van der Waals surface area contributed by atoms with Crippen molar-refractivity contribution in [2.45, 2.75) is 46.3 Å². The Kier molecular flexibility index (Phi) is 9.64. The number of pyridine rings is 1. The van der Waals surface area contributed by atoms with E-state index in [1.54, 1.807) is 17.9 Å². The fourth-order valence-corrected chi connectivity index (χ4v) is 3.90. The lowest BCUT2D eigenvalue weighted by molar-refractivity contribution is 0.0356. The van der Waals surface area contributed by atoms with Gasteiger partial charge >= 0.3 is 6.03 Å². The van der Waals surface area contributed by atoms with E-state index in [4.69, 9.17) is 4.74 Å². The number of carbonyl (C=O) groups excluding carboxylic acids is 2. The molecule has 1 aliphatic rings. The summed E-state index contributed by atoms with van der Waals surface area (Å²) in [5, 5.41) is 12.2. The van der Waals surface area contributed by atoms with Gasteiger partial charge in [-0.1, -0.05) is 32.6 Å². The topological polar surface area (TPSA) is 95.0 Å². The average molecular weight is 529 g/mol. The number of fused-ring (bicyclic) bond motifs is 1. The third-order valence-electron chi connectivity index (χ3n) is 6.23. The van der Waals surface area contributed by atoms with Crippen LogP contribution in [-0.2, 0) is 0 Å². The molecule has 0 fully saturated rings. The third kappa shape index (κ3) is 7.19. The number of hydrogen-bond donors (Lipinski definition) is 2. The van der Waals surface area contributed by atoms with Gasteiger partial charge in [0.2, 0.25) is 5.88 Å². The van der Waals surface area contributed by atoms with Crippen molar-refractivity contribution in [3.05, 3.63) is 53.2 Å². The molecule has 3 rings (SSSR count). The molecule has 2 N–H and O–H groups in total. The molecule has 204 valence electrons. The van der Waals surface area contributed by atoms with Crippen LogP contribution in [0.4, 0.5) is 19.3 Å². The van der Waals surface area contributed by atoms with Gasteiger partial charge in [-0.3, -0.25) is 4.79 Å². The average Bonchev–Trinajstić information content (AvgIpc) is 2.87. The molecular weight excluding hydrogens is 494 g/mol. The first kappa shape index (κ1) is 28.9. The van der Waals surface area contributed by atoms with Crippen molar-refractivity contribution in [1.29, 1.82) is 0 Å². The molecule has 0 unspecified atom stereocenters. The second-order valence-electron chi connectivity index (χ2n) is 10.0. The molecule has 38 heavy (non-hydrogen) atoms. The maximum atomic E-state index is 14.0. The summed E-state index contributed by atoms with van der Waals surface area (Å²) in [6.07, 6.45) is 1.63. The first-order valence-corrected chi connectivity index (χ1v) is 12.5. The predicted octanol–water partition coefficient (Wildman–Crippen LogP) is 4.14. The third-order valence-corrected chi connectivity index (χ3v) is 6.23. The highest BCUT2D eigenvalue weighted by molar-refractivity contribution is 5.97. The molecule has 0 aliphatic carbocycles. The highest BCUT2D eigenvalue weighted by atomic mass is 19.1. The van der Waals surface area contributed by atoms with E-state index in [-0.39, 0.29) is 48.7 Å². The number of aliphatic hydroxyl groups is 1. The van der Waals surface area contributed by atoms with Gasteiger partial charge in [0.15, 0.2) is 0 Å². The van der Waals surface area contributed by atoms with Gasteiger partial charge in [0, 0.05) is 43.8 Å². The van der Waals surface area contributed by atoms with Crippen molar-refractivity contribution >= 4 is 17.6 Å². The number of amides is 3. The van der Waals surface area contributed by atoms with Gasteiger partial charge in [0.05, 0.1) is 24.9 Å². The van der Waals surface area contributed by atoms with Gasteiger partial charge in [-0.25, -0.2) is 18.6 Å². The molecule has 0 saturated heterocycles. The number of anilines is 1. The van der Waals surface area contributed by atoms with Crippen LogP contribution in [0.1, 0.15) is 50.0 Å². The number of nitrogens with one attached hydrogen (secondary N) is 1. The van der Waals surface area contributed by atoms with Gasteiger partial charge in [-0.15, -0.1) is 0 Å². The minimum atomic E-state index is -0.763. The van der Waals surface area contributed by atoms with E-state index in [0.29, 0.717) is 17.9 Å². The molecule has 1 aromatic heterocycles. The number of rotatable bonds is 6. The van der Waals surface area contributed by atoms with Crippen LogP contribution >= 0.6 is 0 Å². The van der Waals surface area contributed by atoms with E-state index >= 15 is 0 Å². The van der Waals surface area contributed by atoms with Crippen LogP contribution in [0, 0.1) is 35.3 Å². The standard InChI is InChI=1S/C28H34F2N4O4/c1-17(2)7-6-8-20-11-22-26(31-13-20)38-25(18(3)14-34(27(22)36)19(4)16-35)15-33(5)28(37)32-24-12-21(29)9-10-23(24)30/h9-13,17-19,25,35H,7,14-16H2,1-5H3,(H,32,37)/t18-,19-,25+/m1/s1. The van der Waals surface area contributed by atoms with Crippen molar-refractivity contribution < 1.29 is 28.2 Å². The number of halogens is 2. The van der Waals surface area contributed by atoms with E-state index < -0.39 is 29.8 Å². The largest absolute Gasteiger partial charge is 0.472 e. The van der Waals surface area contributed by atoms with Crippen LogP contribution in [0.25, 0.3) is 0 Å². The van der Waals surface area contributed by atoms with Crippen molar-refractivity contribution in [3.8, 4) is 17.7 Å². The van der Waals surface area contributed by atoms with E-state index in [2.05, 4.69) is 36.0 Å². The van der Waals surface area contributed by atoms with Gasteiger partial charge < -0.3 is 25.0 Å². The SMILES string of the molecule is CC(C)CC#Cc1cnc2c(c1)C(=O)N([C@H](C)CO)C[C@@H](C)[C@H](CN(C)C(=O)Nc1cc(F)ccc1F)O2. The number of ether oxygens (including phenoxy) is 1. The van der Waals surface area contributed by atoms with Crippen LogP contribution in [0.5, 0.6) is 5.88 Å². The Balaban J connectivity index is 1.88. The molecule has 10 heteroatoms. The molecule has 0 spiro atoms. The smallest absolute Gasteiger partial charge is 0.321 e. The van der Waals surface area contributed by atoms with Gasteiger partial charge in [0.25, 0.3) is 5.91 Å². The summed E-state index contributed by atoms with van der Waals surface area (Å²) in [7, 11) is 1.50. The van der Waals surface area contributed by atoms with Crippen molar-refractivity contribution in [3.63, 3.8) is 0 Å². The lowest BCUT2D eigenvalue weighted by atomic mass is 10.00. The molecule has 0 saturated carbocycles. The van der Waals surface area contributed by atoms with Crippen molar-refractivity contribution in [2.75, 3.05) is 32.1 Å². The zero-order chi connectivity index (χ0) is 28.0. The Hall–Kier alpha value is -3.71. The normalized spacial score (nSPS) is 17.9.